The van der Waals surface area contributed by atoms with Crippen molar-refractivity contribution in [3.05, 3.63) is 88.7 Å². The van der Waals surface area contributed by atoms with Gasteiger partial charge in [0.2, 0.25) is 0 Å². The van der Waals surface area contributed by atoms with Crippen molar-refractivity contribution in [1.82, 2.24) is 5.16 Å². The fourth-order valence-electron chi connectivity index (χ4n) is 3.77. The molecule has 3 aromatic rings. The predicted molar refractivity (Wildman–Crippen MR) is 118 cm³/mol. The molecule has 0 spiro atoms. The average molecular weight is 416 g/mol. The Kier molecular flexibility index (Phi) is 5.01. The van der Waals surface area contributed by atoms with Crippen LogP contribution in [0, 0.1) is 6.92 Å². The van der Waals surface area contributed by atoms with Gasteiger partial charge in [-0.3, -0.25) is 14.5 Å². The SMILES string of the molecule is Cc1cc(N2C(=O)C(=O)/C(=C(/O)c3ccccc3)[C@@H]2c2ccc(C(C)(C)C)cc2)no1. The Labute approximate surface area is 180 Å². The Morgan fingerprint density at radius 3 is 2.23 bits per heavy atom. The summed E-state index contributed by atoms with van der Waals surface area (Å²) in [7, 11) is 0. The van der Waals surface area contributed by atoms with E-state index in [9.17, 15) is 14.7 Å². The highest BCUT2D eigenvalue weighted by atomic mass is 16.5. The lowest BCUT2D eigenvalue weighted by Crippen LogP contribution is -2.29. The van der Waals surface area contributed by atoms with Gasteiger partial charge in [-0.15, -0.1) is 0 Å². The second kappa shape index (κ2) is 7.54. The summed E-state index contributed by atoms with van der Waals surface area (Å²) >= 11 is 0. The number of hydrogen-bond acceptors (Lipinski definition) is 5. The van der Waals surface area contributed by atoms with Crippen LogP contribution in [0.4, 0.5) is 5.82 Å². The number of carbonyl (C=O) groups is 2. The maximum absolute atomic E-state index is 13.1. The monoisotopic (exact) mass is 416 g/mol. The molecular weight excluding hydrogens is 392 g/mol. The van der Waals surface area contributed by atoms with Crippen molar-refractivity contribution in [2.45, 2.75) is 39.2 Å². The molecule has 0 aliphatic carbocycles. The summed E-state index contributed by atoms with van der Waals surface area (Å²) in [6, 6.07) is 17.2. The van der Waals surface area contributed by atoms with Crippen LogP contribution in [0.25, 0.3) is 5.76 Å². The molecular formula is C25H24N2O4. The quantitative estimate of drug-likeness (QED) is 0.373. The van der Waals surface area contributed by atoms with Gasteiger partial charge in [-0.25, -0.2) is 0 Å². The third-order valence-corrected chi connectivity index (χ3v) is 5.45. The Bertz CT molecular complexity index is 1170. The largest absolute Gasteiger partial charge is 0.507 e. The second-order valence-corrected chi connectivity index (χ2v) is 8.70. The van der Waals surface area contributed by atoms with E-state index in [1.54, 1.807) is 37.3 Å². The van der Waals surface area contributed by atoms with E-state index in [2.05, 4.69) is 25.9 Å². The van der Waals surface area contributed by atoms with Gasteiger partial charge in [-0.2, -0.15) is 0 Å². The number of Topliss-reactive ketones (excluding diaryl/α,β-unsaturated/α-hetero) is 1. The number of aromatic nitrogens is 1. The van der Waals surface area contributed by atoms with Crippen LogP contribution >= 0.6 is 0 Å². The Morgan fingerprint density at radius 2 is 1.68 bits per heavy atom. The lowest BCUT2D eigenvalue weighted by atomic mass is 9.85. The van der Waals surface area contributed by atoms with E-state index in [1.807, 2.05) is 30.3 Å². The molecule has 0 radical (unpaired) electrons. The number of carbonyl (C=O) groups excluding carboxylic acids is 2. The molecule has 1 aliphatic rings. The van der Waals surface area contributed by atoms with Gasteiger partial charge in [-0.1, -0.05) is 80.5 Å². The summed E-state index contributed by atoms with van der Waals surface area (Å²) in [4.78, 5) is 27.4. The molecule has 6 nitrogen and oxygen atoms in total. The number of ketones is 1. The summed E-state index contributed by atoms with van der Waals surface area (Å²) < 4.78 is 5.16. The molecule has 2 aromatic carbocycles. The molecule has 1 saturated heterocycles. The van der Waals surface area contributed by atoms with Crippen molar-refractivity contribution in [2.24, 2.45) is 0 Å². The van der Waals surface area contributed by atoms with Gasteiger partial charge < -0.3 is 9.63 Å². The molecule has 158 valence electrons. The van der Waals surface area contributed by atoms with Crippen LogP contribution < -0.4 is 4.90 Å². The van der Waals surface area contributed by atoms with Crippen LogP contribution in [0.2, 0.25) is 0 Å². The van der Waals surface area contributed by atoms with Gasteiger partial charge in [0.25, 0.3) is 5.78 Å². The molecule has 0 saturated carbocycles. The smallest absolute Gasteiger partial charge is 0.301 e. The van der Waals surface area contributed by atoms with Crippen molar-refractivity contribution in [3.63, 3.8) is 0 Å². The molecule has 0 unspecified atom stereocenters. The molecule has 4 rings (SSSR count). The summed E-state index contributed by atoms with van der Waals surface area (Å²) in [5.74, 6) is -0.979. The normalized spacial score (nSPS) is 18.6. The first-order valence-corrected chi connectivity index (χ1v) is 10.1. The Hall–Kier alpha value is -3.67. The number of hydrogen-bond donors (Lipinski definition) is 1. The highest BCUT2D eigenvalue weighted by molar-refractivity contribution is 6.51. The molecule has 6 heteroatoms. The van der Waals surface area contributed by atoms with Crippen molar-refractivity contribution < 1.29 is 19.2 Å². The minimum Gasteiger partial charge on any atom is -0.507 e. The highest BCUT2D eigenvalue weighted by Gasteiger charge is 2.48. The van der Waals surface area contributed by atoms with Crippen LogP contribution in [0.3, 0.4) is 0 Å². The van der Waals surface area contributed by atoms with Crippen LogP contribution in [-0.2, 0) is 15.0 Å². The molecule has 1 fully saturated rings. The van der Waals surface area contributed by atoms with E-state index in [0.29, 0.717) is 16.9 Å². The molecule has 1 aliphatic heterocycles. The summed E-state index contributed by atoms with van der Waals surface area (Å²) in [6.45, 7) is 8.05. The molecule has 0 bridgehead atoms. The number of amides is 1. The average Bonchev–Trinajstić information content (AvgIpc) is 3.28. The van der Waals surface area contributed by atoms with Crippen LogP contribution in [0.5, 0.6) is 0 Å². The van der Waals surface area contributed by atoms with E-state index < -0.39 is 17.7 Å². The number of aliphatic hydroxyl groups excluding tert-OH is 1. The number of benzene rings is 2. The van der Waals surface area contributed by atoms with Gasteiger partial charge in [0.1, 0.15) is 11.5 Å². The van der Waals surface area contributed by atoms with E-state index >= 15 is 0 Å². The number of rotatable bonds is 3. The Morgan fingerprint density at radius 1 is 1.03 bits per heavy atom. The van der Waals surface area contributed by atoms with E-state index in [-0.39, 0.29) is 22.6 Å². The lowest BCUT2D eigenvalue weighted by molar-refractivity contribution is -0.132. The standard InChI is InChI=1S/C25H24N2O4/c1-15-14-19(26-31-15)27-21(16-10-12-18(13-11-16)25(2,3)4)20(23(29)24(27)30)22(28)17-8-6-5-7-9-17/h5-14,21,28H,1-4H3/b22-20+/t21-/m0/s1. The van der Waals surface area contributed by atoms with E-state index in [0.717, 1.165) is 5.56 Å². The van der Waals surface area contributed by atoms with Gasteiger partial charge in [-0.05, 0) is 23.5 Å². The third kappa shape index (κ3) is 3.65. The van der Waals surface area contributed by atoms with Gasteiger partial charge in [0.15, 0.2) is 5.82 Å². The van der Waals surface area contributed by atoms with E-state index in [4.69, 9.17) is 4.52 Å². The second-order valence-electron chi connectivity index (χ2n) is 8.70. The summed E-state index contributed by atoms with van der Waals surface area (Å²) in [6.07, 6.45) is 0. The maximum Gasteiger partial charge on any atom is 0.301 e. The van der Waals surface area contributed by atoms with Crippen molar-refractivity contribution in [3.8, 4) is 0 Å². The number of anilines is 1. The molecule has 31 heavy (non-hydrogen) atoms. The minimum absolute atomic E-state index is 0.0281. The first kappa shape index (κ1) is 20.6. The van der Waals surface area contributed by atoms with Crippen LogP contribution in [0.15, 0.2) is 70.8 Å². The zero-order valence-electron chi connectivity index (χ0n) is 17.9. The minimum atomic E-state index is -0.821. The summed E-state index contributed by atoms with van der Waals surface area (Å²) in [5, 5.41) is 15.0. The molecule has 2 heterocycles. The highest BCUT2D eigenvalue weighted by Crippen LogP contribution is 2.42. The molecule has 1 N–H and O–H groups in total. The molecule has 1 atom stereocenters. The lowest BCUT2D eigenvalue weighted by Gasteiger charge is -2.24. The zero-order chi connectivity index (χ0) is 22.3. The van der Waals surface area contributed by atoms with Crippen molar-refractivity contribution in [2.75, 3.05) is 4.90 Å². The first-order chi connectivity index (χ1) is 14.7. The predicted octanol–water partition coefficient (Wildman–Crippen LogP) is 4.91. The maximum atomic E-state index is 13.1. The van der Waals surface area contributed by atoms with Gasteiger partial charge in [0, 0.05) is 11.6 Å². The van der Waals surface area contributed by atoms with E-state index in [1.165, 1.54) is 4.90 Å². The fourth-order valence-corrected chi connectivity index (χ4v) is 3.77. The molecule has 1 amide bonds. The van der Waals surface area contributed by atoms with Crippen molar-refractivity contribution in [1.29, 1.82) is 0 Å². The van der Waals surface area contributed by atoms with Gasteiger partial charge >= 0.3 is 5.91 Å². The Balaban J connectivity index is 1.91. The topological polar surface area (TPSA) is 83.6 Å². The van der Waals surface area contributed by atoms with Crippen molar-refractivity contribution >= 4 is 23.3 Å². The zero-order valence-corrected chi connectivity index (χ0v) is 17.9. The van der Waals surface area contributed by atoms with Crippen LogP contribution in [-0.4, -0.2) is 22.0 Å². The number of nitrogens with zero attached hydrogens (tertiary/aromatic N) is 2. The summed E-state index contributed by atoms with van der Waals surface area (Å²) in [5.41, 5.74) is 2.26. The molecule has 1 aromatic heterocycles. The third-order valence-electron chi connectivity index (χ3n) is 5.45. The number of aliphatic hydroxyl groups is 1. The number of aryl methyl sites for hydroxylation is 1. The fraction of sp³-hybridized carbons (Fsp3) is 0.240. The van der Waals surface area contributed by atoms with Gasteiger partial charge in [0.05, 0.1) is 11.6 Å². The first-order valence-electron chi connectivity index (χ1n) is 10.1. The van der Waals surface area contributed by atoms with Crippen LogP contribution in [0.1, 0.15) is 49.3 Å².